The Morgan fingerprint density at radius 3 is 2.05 bits per heavy atom. The molecule has 3 aromatic carbocycles. The summed E-state index contributed by atoms with van der Waals surface area (Å²) in [5.41, 5.74) is 15.4. The van der Waals surface area contributed by atoms with Crippen molar-refractivity contribution >= 4 is 17.8 Å². The number of ether oxygens (including phenoxy) is 2. The summed E-state index contributed by atoms with van der Waals surface area (Å²) in [7, 11) is 3.04. The second-order valence-electron chi connectivity index (χ2n) is 9.11. The number of hydrogen-bond acceptors (Lipinski definition) is 7. The third-order valence-corrected chi connectivity index (χ3v) is 6.43. The summed E-state index contributed by atoms with van der Waals surface area (Å²) in [6.45, 7) is 0.132. The van der Waals surface area contributed by atoms with Crippen LogP contribution in [0.1, 0.15) is 35.4 Å². The second-order valence-corrected chi connectivity index (χ2v) is 9.11. The van der Waals surface area contributed by atoms with Gasteiger partial charge in [-0.25, -0.2) is 15.1 Å². The average molecular weight is 563 g/mol. The molecule has 0 aliphatic heterocycles. The quantitative estimate of drug-likeness (QED) is 0.0883. The maximum Gasteiger partial charge on any atom is 0.251 e. The normalized spacial score (nSPS) is 11.9. The summed E-state index contributed by atoms with van der Waals surface area (Å²) in [6.07, 6.45) is 0.435. The molecular weight excluding hydrogens is 528 g/mol. The van der Waals surface area contributed by atoms with Crippen LogP contribution in [0.3, 0.4) is 0 Å². The maximum absolute atomic E-state index is 14.5. The lowest BCUT2D eigenvalue weighted by molar-refractivity contribution is -0.525. The van der Waals surface area contributed by atoms with E-state index in [-0.39, 0.29) is 37.8 Å². The molecule has 0 aromatic heterocycles. The number of amides is 2. The zero-order chi connectivity index (χ0) is 29.8. The number of hydrazine groups is 1. The van der Waals surface area contributed by atoms with Gasteiger partial charge in [0, 0.05) is 13.1 Å². The number of rotatable bonds is 14. The Morgan fingerprint density at radius 1 is 0.951 bits per heavy atom. The lowest BCUT2D eigenvalue weighted by Gasteiger charge is -2.33. The maximum atomic E-state index is 14.5. The number of hydrogen-bond donors (Lipinski definition) is 3. The van der Waals surface area contributed by atoms with Crippen molar-refractivity contribution in [3.05, 3.63) is 106 Å². The number of nitrogens with one attached hydrogen (secondary N) is 1. The third kappa shape index (κ3) is 8.43. The number of methoxy groups -OCH3 is 2. The van der Waals surface area contributed by atoms with E-state index in [9.17, 15) is 19.7 Å². The number of benzene rings is 3. The van der Waals surface area contributed by atoms with E-state index >= 15 is 0 Å². The second kappa shape index (κ2) is 14.9. The van der Waals surface area contributed by atoms with Crippen molar-refractivity contribution in [3.8, 4) is 11.5 Å². The fourth-order valence-electron chi connectivity index (χ4n) is 4.52. The van der Waals surface area contributed by atoms with Crippen molar-refractivity contribution < 1.29 is 24.1 Å². The van der Waals surface area contributed by atoms with Gasteiger partial charge in [0.2, 0.25) is 11.8 Å². The molecule has 0 bridgehead atoms. The highest BCUT2D eigenvalue weighted by Gasteiger charge is 2.34. The van der Waals surface area contributed by atoms with Crippen LogP contribution in [-0.4, -0.2) is 54.5 Å². The molecule has 5 N–H and O–H groups in total. The minimum absolute atomic E-state index is 0.0528. The minimum Gasteiger partial charge on any atom is -0.493 e. The monoisotopic (exact) mass is 562 g/mol. The highest BCUT2D eigenvalue weighted by Crippen LogP contribution is 2.32. The van der Waals surface area contributed by atoms with Crippen LogP contribution in [0.5, 0.6) is 11.5 Å². The van der Waals surface area contributed by atoms with E-state index in [1.165, 1.54) is 19.1 Å². The van der Waals surface area contributed by atoms with Crippen LogP contribution in [0.4, 0.5) is 0 Å². The molecule has 3 aromatic rings. The van der Waals surface area contributed by atoms with Gasteiger partial charge in [-0.3, -0.25) is 9.59 Å². The predicted molar refractivity (Wildman–Crippen MR) is 154 cm³/mol. The highest BCUT2D eigenvalue weighted by molar-refractivity contribution is 5.92. The standard InChI is InChI=1S/C29H34N6O6/c1-40-24-16-15-20(18-25(24)41-2)19-34(23(27(30)36)14-9-17-32-29(31)33-35(38)39)28(37)26(21-10-5-3-6-11-21)22-12-7-4-8-13-22/h3-8,10-13,15-16,18,23,26H,9,14,17,19H2,1-2H3,(H2,30,36)(H3,31,32,33)/t23-/m0/s1. The molecule has 0 saturated heterocycles. The molecule has 41 heavy (non-hydrogen) atoms. The van der Waals surface area contributed by atoms with Gasteiger partial charge in [-0.15, -0.1) is 0 Å². The summed E-state index contributed by atoms with van der Waals surface area (Å²) in [5.74, 6) is -1.10. The van der Waals surface area contributed by atoms with Crippen molar-refractivity contribution in [2.45, 2.75) is 31.3 Å². The van der Waals surface area contributed by atoms with Crippen LogP contribution >= 0.6 is 0 Å². The summed E-state index contributed by atoms with van der Waals surface area (Å²) in [5, 5.41) is 9.76. The molecule has 0 aliphatic rings. The van der Waals surface area contributed by atoms with Gasteiger partial charge in [-0.05, 0) is 41.7 Å². The van der Waals surface area contributed by atoms with Crippen LogP contribution < -0.4 is 26.4 Å². The molecule has 0 heterocycles. The molecule has 2 amide bonds. The summed E-state index contributed by atoms with van der Waals surface area (Å²) >= 11 is 0. The number of nitro groups is 1. The van der Waals surface area contributed by atoms with Crippen LogP contribution in [0.15, 0.2) is 83.9 Å². The Kier molecular flexibility index (Phi) is 11.0. The fourth-order valence-corrected chi connectivity index (χ4v) is 4.52. The van der Waals surface area contributed by atoms with Crippen LogP contribution in [0.2, 0.25) is 0 Å². The molecule has 12 heteroatoms. The molecule has 1 atom stereocenters. The van der Waals surface area contributed by atoms with E-state index in [1.807, 2.05) is 60.7 Å². The summed E-state index contributed by atoms with van der Waals surface area (Å²) in [4.78, 5) is 43.3. The average Bonchev–Trinajstić information content (AvgIpc) is 2.96. The lowest BCUT2D eigenvalue weighted by atomic mass is 9.89. The molecule has 3 rings (SSSR count). The van der Waals surface area contributed by atoms with Gasteiger partial charge in [-0.1, -0.05) is 72.2 Å². The van der Waals surface area contributed by atoms with Crippen LogP contribution in [0, 0.1) is 10.1 Å². The first-order valence-electron chi connectivity index (χ1n) is 12.9. The van der Waals surface area contributed by atoms with Gasteiger partial charge in [0.15, 0.2) is 16.5 Å². The number of aliphatic imine (C=N–C) groups is 1. The first-order valence-corrected chi connectivity index (χ1v) is 12.9. The van der Waals surface area contributed by atoms with Gasteiger partial charge in [0.05, 0.1) is 20.1 Å². The van der Waals surface area contributed by atoms with E-state index in [2.05, 4.69) is 4.99 Å². The smallest absolute Gasteiger partial charge is 0.251 e. The largest absolute Gasteiger partial charge is 0.493 e. The number of carbonyl (C=O) groups is 2. The van der Waals surface area contributed by atoms with E-state index in [0.29, 0.717) is 17.1 Å². The zero-order valence-electron chi connectivity index (χ0n) is 22.9. The molecule has 12 nitrogen and oxygen atoms in total. The Bertz CT molecular complexity index is 1310. The topological polar surface area (TPSA) is 175 Å². The van der Waals surface area contributed by atoms with Crippen LogP contribution in [-0.2, 0) is 16.1 Å². The predicted octanol–water partition coefficient (Wildman–Crippen LogP) is 2.59. The molecular formula is C29H34N6O6. The summed E-state index contributed by atoms with van der Waals surface area (Å²) in [6, 6.07) is 22.8. The molecule has 0 saturated carbocycles. The van der Waals surface area contributed by atoms with Crippen molar-refractivity contribution in [3.63, 3.8) is 0 Å². The van der Waals surface area contributed by atoms with E-state index in [0.717, 1.165) is 11.1 Å². The van der Waals surface area contributed by atoms with Gasteiger partial charge >= 0.3 is 0 Å². The van der Waals surface area contributed by atoms with Gasteiger partial charge < -0.3 is 25.8 Å². The Labute approximate surface area is 238 Å². The lowest BCUT2D eigenvalue weighted by Crippen LogP contribution is -2.49. The number of primary amides is 1. The number of carbonyl (C=O) groups excluding carboxylic acids is 2. The van der Waals surface area contributed by atoms with Crippen molar-refractivity contribution in [2.75, 3.05) is 20.8 Å². The molecule has 216 valence electrons. The molecule has 0 unspecified atom stereocenters. The van der Waals surface area contributed by atoms with Gasteiger partial charge in [-0.2, -0.15) is 0 Å². The molecule has 0 spiro atoms. The SMILES string of the molecule is COc1ccc(CN(C(=O)C(c2ccccc2)c2ccccc2)[C@@H](CCCN=C(N)N[N+](=O)[O-])C(N)=O)cc1OC. The van der Waals surface area contributed by atoms with Gasteiger partial charge in [0.1, 0.15) is 6.04 Å². The molecule has 0 fully saturated rings. The van der Waals surface area contributed by atoms with Crippen LogP contribution in [0.25, 0.3) is 0 Å². The molecule has 0 aliphatic carbocycles. The van der Waals surface area contributed by atoms with Crippen molar-refractivity contribution in [1.29, 1.82) is 0 Å². The van der Waals surface area contributed by atoms with E-state index in [4.69, 9.17) is 20.9 Å². The van der Waals surface area contributed by atoms with E-state index in [1.54, 1.807) is 23.6 Å². The Balaban J connectivity index is 2.01. The van der Waals surface area contributed by atoms with Gasteiger partial charge in [0.25, 0.3) is 5.96 Å². The number of nitrogens with two attached hydrogens (primary N) is 2. The Hall–Kier alpha value is -5.13. The summed E-state index contributed by atoms with van der Waals surface area (Å²) < 4.78 is 10.8. The minimum atomic E-state index is -1.01. The highest BCUT2D eigenvalue weighted by atomic mass is 16.7. The van der Waals surface area contributed by atoms with Crippen molar-refractivity contribution in [2.24, 2.45) is 16.5 Å². The first-order chi connectivity index (χ1) is 19.7. The molecule has 0 radical (unpaired) electrons. The van der Waals surface area contributed by atoms with E-state index < -0.39 is 22.9 Å². The number of guanidine groups is 1. The number of nitrogens with zero attached hydrogens (tertiary/aromatic N) is 3. The third-order valence-electron chi connectivity index (χ3n) is 6.43. The fraction of sp³-hybridized carbons (Fsp3) is 0.276. The van der Waals surface area contributed by atoms with Crippen molar-refractivity contribution in [1.82, 2.24) is 10.3 Å². The first kappa shape index (κ1) is 30.4. The Morgan fingerprint density at radius 2 is 1.54 bits per heavy atom. The zero-order valence-corrected chi connectivity index (χ0v) is 22.9.